The lowest BCUT2D eigenvalue weighted by molar-refractivity contribution is -0.116. The number of nitrogens with zero attached hydrogens (tertiary/aromatic N) is 1. The van der Waals surface area contributed by atoms with Gasteiger partial charge in [0.1, 0.15) is 11.8 Å². The number of halogens is 1. The van der Waals surface area contributed by atoms with Crippen LogP contribution in [0.5, 0.6) is 5.75 Å². The number of aryl methyl sites for hydroxylation is 1. The summed E-state index contributed by atoms with van der Waals surface area (Å²) in [5, 5.41) is 3.17. The van der Waals surface area contributed by atoms with E-state index >= 15 is 0 Å². The van der Waals surface area contributed by atoms with E-state index in [1.807, 2.05) is 20.8 Å². The first-order valence-electron chi connectivity index (χ1n) is 8.82. The third-order valence-corrected chi connectivity index (χ3v) is 5.62. The monoisotopic (exact) mass is 424 g/mol. The highest BCUT2D eigenvalue weighted by atomic mass is 35.5. The zero-order chi connectivity index (χ0) is 21.1. The Morgan fingerprint density at radius 1 is 1.14 bits per heavy atom. The van der Waals surface area contributed by atoms with E-state index in [-0.39, 0.29) is 6.10 Å². The fraction of sp³-hybridized carbons (Fsp3) is 0.350. The van der Waals surface area contributed by atoms with Crippen LogP contribution >= 0.6 is 11.6 Å². The zero-order valence-corrected chi connectivity index (χ0v) is 18.1. The van der Waals surface area contributed by atoms with Crippen LogP contribution in [0.2, 0.25) is 5.02 Å². The Hall–Kier alpha value is -2.25. The predicted octanol–water partition coefficient (Wildman–Crippen LogP) is 4.23. The van der Waals surface area contributed by atoms with Gasteiger partial charge in [-0.05, 0) is 57.5 Å². The summed E-state index contributed by atoms with van der Waals surface area (Å²) in [6, 6.07) is 10.9. The molecule has 0 radical (unpaired) electrons. The number of carbonyl (C=O) groups excluding carboxylic acids is 1. The van der Waals surface area contributed by atoms with E-state index in [1.165, 1.54) is 6.92 Å². The molecule has 8 heteroatoms. The molecular formula is C20H25ClN2O4S. The van der Waals surface area contributed by atoms with Crippen molar-refractivity contribution in [3.05, 3.63) is 53.1 Å². The predicted molar refractivity (Wildman–Crippen MR) is 114 cm³/mol. The lowest BCUT2D eigenvalue weighted by atomic mass is 10.2. The highest BCUT2D eigenvalue weighted by Crippen LogP contribution is 2.27. The summed E-state index contributed by atoms with van der Waals surface area (Å²) in [7, 11) is -3.72. The molecule has 2 aromatic carbocycles. The van der Waals surface area contributed by atoms with E-state index in [0.717, 1.165) is 16.1 Å². The molecular weight excluding hydrogens is 400 g/mol. The summed E-state index contributed by atoms with van der Waals surface area (Å²) in [5.41, 5.74) is 1.67. The normalized spacial score (nSPS) is 12.5. The maximum Gasteiger partial charge on any atom is 0.247 e. The van der Waals surface area contributed by atoms with Crippen LogP contribution in [-0.2, 0) is 14.8 Å². The first kappa shape index (κ1) is 22.0. The molecule has 0 spiro atoms. The Morgan fingerprint density at radius 2 is 1.82 bits per heavy atom. The number of hydrogen-bond acceptors (Lipinski definition) is 4. The van der Waals surface area contributed by atoms with Crippen LogP contribution in [0.25, 0.3) is 0 Å². The van der Waals surface area contributed by atoms with Crippen LogP contribution in [0.1, 0.15) is 26.3 Å². The number of nitrogens with one attached hydrogen (secondary N) is 1. The Kier molecular flexibility index (Phi) is 6.96. The molecule has 2 rings (SSSR count). The van der Waals surface area contributed by atoms with Gasteiger partial charge in [0.2, 0.25) is 15.9 Å². The summed E-state index contributed by atoms with van der Waals surface area (Å²) in [5.74, 6) is 0.148. The molecule has 1 atom stereocenters. The average molecular weight is 425 g/mol. The van der Waals surface area contributed by atoms with Gasteiger partial charge in [0.15, 0.2) is 0 Å². The molecule has 0 bridgehead atoms. The van der Waals surface area contributed by atoms with Crippen molar-refractivity contribution in [1.82, 2.24) is 0 Å². The van der Waals surface area contributed by atoms with Gasteiger partial charge in [0.05, 0.1) is 18.0 Å². The van der Waals surface area contributed by atoms with E-state index in [4.69, 9.17) is 16.3 Å². The second kappa shape index (κ2) is 8.84. The van der Waals surface area contributed by atoms with E-state index in [2.05, 4.69) is 5.32 Å². The molecule has 2 aromatic rings. The Labute approximate surface area is 171 Å². The Balaban J connectivity index is 2.28. The van der Waals surface area contributed by atoms with Crippen LogP contribution in [0.4, 0.5) is 11.4 Å². The zero-order valence-electron chi connectivity index (χ0n) is 16.6. The minimum absolute atomic E-state index is 0.00288. The standard InChI is InChI=1S/C20H25ClN2O4S/c1-13(2)27-18-8-6-7-16(11-18)22-20(24)15(4)23(28(5,25)26)17-10-9-14(3)19(21)12-17/h6-13,15H,1-5H3,(H,22,24). The summed E-state index contributed by atoms with van der Waals surface area (Å²) >= 11 is 6.14. The van der Waals surface area contributed by atoms with Gasteiger partial charge in [0, 0.05) is 16.8 Å². The summed E-state index contributed by atoms with van der Waals surface area (Å²) in [6.45, 7) is 7.16. The maximum atomic E-state index is 12.8. The van der Waals surface area contributed by atoms with Crippen molar-refractivity contribution >= 4 is 38.9 Å². The van der Waals surface area contributed by atoms with E-state index in [1.54, 1.807) is 42.5 Å². The molecule has 1 unspecified atom stereocenters. The number of benzene rings is 2. The number of sulfonamides is 1. The lowest BCUT2D eigenvalue weighted by Gasteiger charge is -2.28. The van der Waals surface area contributed by atoms with Crippen molar-refractivity contribution in [2.24, 2.45) is 0 Å². The van der Waals surface area contributed by atoms with Gasteiger partial charge in [-0.3, -0.25) is 9.10 Å². The van der Waals surface area contributed by atoms with Crippen molar-refractivity contribution in [2.45, 2.75) is 39.8 Å². The largest absolute Gasteiger partial charge is 0.491 e. The number of hydrogen-bond donors (Lipinski definition) is 1. The molecule has 28 heavy (non-hydrogen) atoms. The van der Waals surface area contributed by atoms with Crippen molar-refractivity contribution in [1.29, 1.82) is 0 Å². The topological polar surface area (TPSA) is 75.7 Å². The van der Waals surface area contributed by atoms with Gasteiger partial charge in [-0.15, -0.1) is 0 Å². The fourth-order valence-corrected chi connectivity index (χ4v) is 4.04. The Morgan fingerprint density at radius 3 is 2.39 bits per heavy atom. The number of ether oxygens (including phenoxy) is 1. The molecule has 0 aliphatic rings. The Bertz CT molecular complexity index is 960. The van der Waals surface area contributed by atoms with Gasteiger partial charge in [0.25, 0.3) is 0 Å². The minimum atomic E-state index is -3.72. The summed E-state index contributed by atoms with van der Waals surface area (Å²) in [6.07, 6.45) is 1.05. The molecule has 0 aliphatic heterocycles. The maximum absolute atomic E-state index is 12.8. The molecule has 6 nitrogen and oxygen atoms in total. The number of carbonyl (C=O) groups is 1. The highest BCUT2D eigenvalue weighted by Gasteiger charge is 2.29. The average Bonchev–Trinajstić information content (AvgIpc) is 2.56. The van der Waals surface area contributed by atoms with E-state index in [9.17, 15) is 13.2 Å². The number of anilines is 2. The minimum Gasteiger partial charge on any atom is -0.491 e. The molecule has 0 aliphatic carbocycles. The molecule has 1 amide bonds. The fourth-order valence-electron chi connectivity index (χ4n) is 2.69. The van der Waals surface area contributed by atoms with Gasteiger partial charge in [-0.25, -0.2) is 8.42 Å². The summed E-state index contributed by atoms with van der Waals surface area (Å²) < 4.78 is 31.4. The van der Waals surface area contributed by atoms with Crippen LogP contribution in [0, 0.1) is 6.92 Å². The first-order chi connectivity index (χ1) is 13.0. The molecule has 152 valence electrons. The smallest absolute Gasteiger partial charge is 0.247 e. The van der Waals surface area contributed by atoms with Gasteiger partial charge < -0.3 is 10.1 Å². The van der Waals surface area contributed by atoms with Crippen LogP contribution in [-0.4, -0.2) is 32.7 Å². The second-order valence-corrected chi connectivity index (χ2v) is 9.12. The van der Waals surface area contributed by atoms with Gasteiger partial charge >= 0.3 is 0 Å². The summed E-state index contributed by atoms with van der Waals surface area (Å²) in [4.78, 5) is 12.8. The SMILES string of the molecule is Cc1ccc(N(C(C)C(=O)Nc2cccc(OC(C)C)c2)S(C)(=O)=O)cc1Cl. The molecule has 0 heterocycles. The molecule has 0 saturated carbocycles. The third kappa shape index (κ3) is 5.62. The van der Waals surface area contributed by atoms with Crippen LogP contribution in [0.3, 0.4) is 0 Å². The van der Waals surface area contributed by atoms with Crippen molar-refractivity contribution in [2.75, 3.05) is 15.9 Å². The van der Waals surface area contributed by atoms with Crippen molar-refractivity contribution in [3.63, 3.8) is 0 Å². The first-order valence-corrected chi connectivity index (χ1v) is 11.0. The highest BCUT2D eigenvalue weighted by molar-refractivity contribution is 7.92. The number of rotatable bonds is 7. The van der Waals surface area contributed by atoms with Crippen molar-refractivity contribution < 1.29 is 17.9 Å². The van der Waals surface area contributed by atoms with E-state index in [0.29, 0.717) is 22.1 Å². The third-order valence-electron chi connectivity index (χ3n) is 3.97. The molecule has 0 aromatic heterocycles. The molecule has 0 fully saturated rings. The van der Waals surface area contributed by atoms with Gasteiger partial charge in [-0.1, -0.05) is 23.7 Å². The second-order valence-electron chi connectivity index (χ2n) is 6.85. The molecule has 0 saturated heterocycles. The lowest BCUT2D eigenvalue weighted by Crippen LogP contribution is -2.45. The van der Waals surface area contributed by atoms with Crippen molar-refractivity contribution in [3.8, 4) is 5.75 Å². The van der Waals surface area contributed by atoms with E-state index < -0.39 is 22.0 Å². The van der Waals surface area contributed by atoms with Crippen LogP contribution in [0.15, 0.2) is 42.5 Å². The quantitative estimate of drug-likeness (QED) is 0.721. The van der Waals surface area contributed by atoms with Crippen LogP contribution < -0.4 is 14.4 Å². The number of amides is 1. The van der Waals surface area contributed by atoms with Gasteiger partial charge in [-0.2, -0.15) is 0 Å². The molecule has 1 N–H and O–H groups in total.